The average Bonchev–Trinajstić information content (AvgIpc) is 2.84. The summed E-state index contributed by atoms with van der Waals surface area (Å²) in [4.78, 5) is 47.4. The minimum absolute atomic E-state index is 0.219. The van der Waals surface area contributed by atoms with Gasteiger partial charge in [0.2, 0.25) is 5.91 Å². The Morgan fingerprint density at radius 1 is 0.714 bits per heavy atom. The molecule has 0 aliphatic heterocycles. The summed E-state index contributed by atoms with van der Waals surface area (Å²) >= 11 is 5.82. The van der Waals surface area contributed by atoms with E-state index in [1.165, 1.54) is 6.92 Å². The van der Waals surface area contributed by atoms with Crippen LogP contribution >= 0.6 is 11.6 Å². The van der Waals surface area contributed by atoms with Crippen molar-refractivity contribution < 1.29 is 23.9 Å². The lowest BCUT2D eigenvalue weighted by Crippen LogP contribution is -2.32. The summed E-state index contributed by atoms with van der Waals surface area (Å²) in [5, 5.41) is 9.49. The number of rotatable bonds is 6. The summed E-state index contributed by atoms with van der Waals surface area (Å²) in [5.74, 6) is -2.28. The van der Waals surface area contributed by atoms with Gasteiger partial charge in [0.1, 0.15) is 5.75 Å². The van der Waals surface area contributed by atoms with Crippen LogP contribution < -0.4 is 20.8 Å². The van der Waals surface area contributed by atoms with Gasteiger partial charge < -0.3 is 15.4 Å². The van der Waals surface area contributed by atoms with Crippen molar-refractivity contribution in [3.05, 3.63) is 88.9 Å². The van der Waals surface area contributed by atoms with E-state index in [0.717, 1.165) is 0 Å². The number of esters is 1. The van der Waals surface area contributed by atoms with Crippen LogP contribution in [0.4, 0.5) is 11.4 Å². The third kappa shape index (κ3) is 7.51. The van der Waals surface area contributed by atoms with Gasteiger partial charge in [-0.05, 0) is 85.3 Å². The van der Waals surface area contributed by atoms with Crippen LogP contribution in [0.15, 0.2) is 77.9 Å². The molecule has 0 heterocycles. The molecule has 178 valence electrons. The van der Waals surface area contributed by atoms with Gasteiger partial charge in [-0.25, -0.2) is 10.2 Å². The van der Waals surface area contributed by atoms with Gasteiger partial charge in [0, 0.05) is 23.3 Å². The summed E-state index contributed by atoms with van der Waals surface area (Å²) in [5.41, 5.74) is 4.57. The van der Waals surface area contributed by atoms with E-state index in [4.69, 9.17) is 16.3 Å². The van der Waals surface area contributed by atoms with E-state index in [2.05, 4.69) is 21.2 Å². The lowest BCUT2D eigenvalue weighted by Gasteiger charge is -2.07. The number of nitrogens with zero attached hydrogens (tertiary/aromatic N) is 1. The maximum atomic E-state index is 12.2. The Kier molecular flexibility index (Phi) is 8.31. The van der Waals surface area contributed by atoms with Crippen LogP contribution in [0.2, 0.25) is 5.02 Å². The fourth-order valence-electron chi connectivity index (χ4n) is 2.79. The van der Waals surface area contributed by atoms with Crippen LogP contribution in [0, 0.1) is 0 Å². The first kappa shape index (κ1) is 25.1. The van der Waals surface area contributed by atoms with Crippen LogP contribution in [0.3, 0.4) is 0 Å². The minimum Gasteiger partial charge on any atom is -0.423 e. The van der Waals surface area contributed by atoms with Gasteiger partial charge in [0.25, 0.3) is 0 Å². The lowest BCUT2D eigenvalue weighted by molar-refractivity contribution is -0.136. The lowest BCUT2D eigenvalue weighted by atomic mass is 10.1. The molecular weight excluding hydrogens is 472 g/mol. The van der Waals surface area contributed by atoms with Crippen LogP contribution in [0.25, 0.3) is 0 Å². The molecule has 9 nitrogen and oxygen atoms in total. The number of anilines is 2. The number of benzene rings is 3. The minimum atomic E-state index is -0.955. The molecule has 3 N–H and O–H groups in total. The highest BCUT2D eigenvalue weighted by molar-refractivity contribution is 6.39. The maximum absolute atomic E-state index is 12.2. The van der Waals surface area contributed by atoms with E-state index < -0.39 is 17.8 Å². The van der Waals surface area contributed by atoms with E-state index in [9.17, 15) is 19.2 Å². The molecule has 0 atom stereocenters. The van der Waals surface area contributed by atoms with Crippen molar-refractivity contribution in [1.82, 2.24) is 5.43 Å². The van der Waals surface area contributed by atoms with Crippen molar-refractivity contribution in [2.75, 3.05) is 10.6 Å². The number of carbonyl (C=O) groups excluding carboxylic acids is 4. The number of carbonyl (C=O) groups is 4. The number of amides is 3. The van der Waals surface area contributed by atoms with Crippen LogP contribution in [-0.2, 0) is 14.4 Å². The molecule has 10 heteroatoms. The highest BCUT2D eigenvalue weighted by Gasteiger charge is 2.14. The summed E-state index contributed by atoms with van der Waals surface area (Å²) in [6, 6.07) is 19.1. The Morgan fingerprint density at radius 2 is 1.26 bits per heavy atom. The molecule has 3 amide bonds. The first-order valence-electron chi connectivity index (χ1n) is 10.3. The van der Waals surface area contributed by atoms with E-state index in [1.807, 2.05) is 0 Å². The summed E-state index contributed by atoms with van der Waals surface area (Å²) < 4.78 is 5.32. The molecule has 0 aliphatic carbocycles. The first-order chi connectivity index (χ1) is 16.7. The molecule has 3 aromatic carbocycles. The predicted molar refractivity (Wildman–Crippen MR) is 133 cm³/mol. The number of hydrazone groups is 1. The number of nitrogens with one attached hydrogen (secondary N) is 3. The molecule has 0 saturated carbocycles. The normalized spacial score (nSPS) is 10.8. The third-order valence-corrected chi connectivity index (χ3v) is 4.81. The second-order valence-corrected chi connectivity index (χ2v) is 7.71. The van der Waals surface area contributed by atoms with Crippen molar-refractivity contribution in [1.29, 1.82) is 0 Å². The zero-order valence-corrected chi connectivity index (χ0v) is 19.6. The summed E-state index contributed by atoms with van der Waals surface area (Å²) in [7, 11) is 0. The monoisotopic (exact) mass is 492 g/mol. The van der Waals surface area contributed by atoms with Crippen LogP contribution in [-0.4, -0.2) is 29.4 Å². The fourth-order valence-corrected chi connectivity index (χ4v) is 2.92. The smallest absolute Gasteiger partial charge is 0.343 e. The van der Waals surface area contributed by atoms with Crippen molar-refractivity contribution >= 4 is 52.4 Å². The molecule has 0 fully saturated rings. The van der Waals surface area contributed by atoms with Crippen LogP contribution in [0.5, 0.6) is 5.75 Å². The molecule has 0 spiro atoms. The standard InChI is InChI=1S/C25H21ClN4O5/c1-15(17-5-13-22(14-6-17)35-25(34)18-3-7-19(26)8-4-18)29-30-24(33)23(32)28-21-11-9-20(10-12-21)27-16(2)31/h3-14H,1-2H3,(H,27,31)(H,28,32)(H,30,33). The van der Waals surface area contributed by atoms with Crippen molar-refractivity contribution in [2.24, 2.45) is 5.10 Å². The number of hydrogen-bond donors (Lipinski definition) is 3. The zero-order chi connectivity index (χ0) is 25.4. The Balaban J connectivity index is 1.53. The Hall–Kier alpha value is -4.50. The summed E-state index contributed by atoms with van der Waals surface area (Å²) in [6.45, 7) is 3.03. The van der Waals surface area contributed by atoms with E-state index in [0.29, 0.717) is 39.0 Å². The van der Waals surface area contributed by atoms with E-state index in [1.54, 1.807) is 79.7 Å². The topological polar surface area (TPSA) is 126 Å². The van der Waals surface area contributed by atoms with Crippen molar-refractivity contribution in [3.63, 3.8) is 0 Å². The van der Waals surface area contributed by atoms with Gasteiger partial charge in [-0.1, -0.05) is 11.6 Å². The Bertz CT molecular complexity index is 1270. The van der Waals surface area contributed by atoms with Gasteiger partial charge in [-0.15, -0.1) is 0 Å². The number of ether oxygens (including phenoxy) is 1. The maximum Gasteiger partial charge on any atom is 0.343 e. The molecular formula is C25H21ClN4O5. The molecule has 0 unspecified atom stereocenters. The quantitative estimate of drug-likeness (QED) is 0.158. The molecule has 0 aromatic heterocycles. The molecule has 0 radical (unpaired) electrons. The van der Waals surface area contributed by atoms with Crippen molar-refractivity contribution in [3.8, 4) is 5.75 Å². The molecule has 0 saturated heterocycles. The largest absolute Gasteiger partial charge is 0.423 e. The number of hydrogen-bond acceptors (Lipinski definition) is 6. The second-order valence-electron chi connectivity index (χ2n) is 7.27. The Morgan fingerprint density at radius 3 is 1.83 bits per heavy atom. The Labute approximate surface area is 206 Å². The van der Waals surface area contributed by atoms with Gasteiger partial charge >= 0.3 is 17.8 Å². The highest BCUT2D eigenvalue weighted by Crippen LogP contribution is 2.17. The van der Waals surface area contributed by atoms with E-state index >= 15 is 0 Å². The van der Waals surface area contributed by atoms with E-state index in [-0.39, 0.29) is 5.91 Å². The van der Waals surface area contributed by atoms with Gasteiger partial charge in [0.15, 0.2) is 0 Å². The zero-order valence-electron chi connectivity index (χ0n) is 18.8. The first-order valence-corrected chi connectivity index (χ1v) is 10.7. The molecule has 0 bridgehead atoms. The second kappa shape index (κ2) is 11.6. The highest BCUT2D eigenvalue weighted by atomic mass is 35.5. The predicted octanol–water partition coefficient (Wildman–Crippen LogP) is 4.00. The molecule has 0 aliphatic rings. The molecule has 3 rings (SSSR count). The molecule has 35 heavy (non-hydrogen) atoms. The average molecular weight is 493 g/mol. The SMILES string of the molecule is CC(=O)Nc1ccc(NC(=O)C(=O)NN=C(C)c2ccc(OC(=O)c3ccc(Cl)cc3)cc2)cc1. The number of halogens is 1. The summed E-state index contributed by atoms with van der Waals surface area (Å²) in [6.07, 6.45) is 0. The fraction of sp³-hybridized carbons (Fsp3) is 0.0800. The van der Waals surface area contributed by atoms with Crippen LogP contribution in [0.1, 0.15) is 29.8 Å². The third-order valence-electron chi connectivity index (χ3n) is 4.56. The molecule has 3 aromatic rings. The van der Waals surface area contributed by atoms with Gasteiger partial charge in [0.05, 0.1) is 11.3 Å². The van der Waals surface area contributed by atoms with Gasteiger partial charge in [-0.2, -0.15) is 5.10 Å². The van der Waals surface area contributed by atoms with Crippen molar-refractivity contribution in [2.45, 2.75) is 13.8 Å². The van der Waals surface area contributed by atoms with Gasteiger partial charge in [-0.3, -0.25) is 14.4 Å².